The van der Waals surface area contributed by atoms with Crippen LogP contribution in [0, 0.1) is 0 Å². The van der Waals surface area contributed by atoms with Crippen LogP contribution in [-0.2, 0) is 17.6 Å². The number of aromatic nitrogens is 3. The molecule has 2 unspecified atom stereocenters. The number of nitrogens with one attached hydrogen (secondary N) is 2. The fourth-order valence-corrected chi connectivity index (χ4v) is 4.72. The number of anilines is 1. The molecule has 2 aromatic heterocycles. The largest absolute Gasteiger partial charge is 0.448 e. The van der Waals surface area contributed by atoms with E-state index < -0.39 is 0 Å². The standard InChI is InChI=1S/C23H28N6O3/c1-31-11-10-28-13-18(21-12-24-15-32-21)20(14-28)25-23(30)26-22-17-8-5-9-19(17)27-29(22)16-6-3-2-4-7-16/h2-4,6-7,12,15,18,20H,5,8-11,13-14H2,1H3,(H2,25,26,30). The molecule has 2 amide bonds. The first kappa shape index (κ1) is 20.7. The number of nitrogens with zero attached hydrogens (tertiary/aromatic N) is 4. The number of oxazole rings is 1. The van der Waals surface area contributed by atoms with Gasteiger partial charge in [-0.1, -0.05) is 18.2 Å². The van der Waals surface area contributed by atoms with Gasteiger partial charge in [0.2, 0.25) is 0 Å². The number of hydrogen-bond acceptors (Lipinski definition) is 6. The Morgan fingerprint density at radius 3 is 2.91 bits per heavy atom. The van der Waals surface area contributed by atoms with Crippen molar-refractivity contribution in [3.8, 4) is 5.69 Å². The maximum atomic E-state index is 13.1. The summed E-state index contributed by atoms with van der Waals surface area (Å²) < 4.78 is 12.6. The van der Waals surface area contributed by atoms with Gasteiger partial charge in [-0.15, -0.1) is 0 Å². The van der Waals surface area contributed by atoms with Crippen LogP contribution in [0.3, 0.4) is 0 Å². The van der Waals surface area contributed by atoms with Crippen molar-refractivity contribution in [1.82, 2.24) is 25.0 Å². The highest BCUT2D eigenvalue weighted by Crippen LogP contribution is 2.31. The highest BCUT2D eigenvalue weighted by atomic mass is 16.5. The Balaban J connectivity index is 1.34. The maximum absolute atomic E-state index is 13.1. The van der Waals surface area contributed by atoms with E-state index in [9.17, 15) is 4.79 Å². The molecule has 3 aromatic rings. The van der Waals surface area contributed by atoms with Crippen molar-refractivity contribution in [2.45, 2.75) is 31.2 Å². The van der Waals surface area contributed by atoms with Crippen LogP contribution in [0.2, 0.25) is 0 Å². The fraction of sp³-hybridized carbons (Fsp3) is 0.435. The number of methoxy groups -OCH3 is 1. The molecule has 5 rings (SSSR count). The van der Waals surface area contributed by atoms with E-state index in [2.05, 4.69) is 20.5 Å². The van der Waals surface area contributed by atoms with Crippen molar-refractivity contribution in [1.29, 1.82) is 0 Å². The molecule has 1 aliphatic heterocycles. The van der Waals surface area contributed by atoms with Gasteiger partial charge in [-0.05, 0) is 31.4 Å². The topological polar surface area (TPSA) is 97.5 Å². The highest BCUT2D eigenvalue weighted by molar-refractivity contribution is 5.90. The number of urea groups is 1. The van der Waals surface area contributed by atoms with E-state index in [0.717, 1.165) is 67.4 Å². The monoisotopic (exact) mass is 436 g/mol. The average Bonchev–Trinajstić information content (AvgIpc) is 3.59. The number of fused-ring (bicyclic) bond motifs is 1. The summed E-state index contributed by atoms with van der Waals surface area (Å²) >= 11 is 0. The molecule has 3 heterocycles. The molecule has 0 radical (unpaired) electrons. The maximum Gasteiger partial charge on any atom is 0.320 e. The van der Waals surface area contributed by atoms with Crippen molar-refractivity contribution in [2.75, 3.05) is 38.7 Å². The molecule has 2 atom stereocenters. The van der Waals surface area contributed by atoms with E-state index in [1.165, 1.54) is 6.39 Å². The lowest BCUT2D eigenvalue weighted by molar-refractivity contribution is 0.159. The number of hydrogen-bond donors (Lipinski definition) is 2. The summed E-state index contributed by atoms with van der Waals surface area (Å²) in [6, 6.07) is 9.58. The molecule has 0 bridgehead atoms. The zero-order valence-corrected chi connectivity index (χ0v) is 18.2. The number of para-hydroxylation sites is 1. The van der Waals surface area contributed by atoms with Crippen LogP contribution in [0.25, 0.3) is 5.69 Å². The number of carbonyl (C=O) groups is 1. The Hall–Kier alpha value is -3.17. The summed E-state index contributed by atoms with van der Waals surface area (Å²) in [5.41, 5.74) is 3.13. The molecule has 2 aliphatic rings. The van der Waals surface area contributed by atoms with Crippen LogP contribution in [0.15, 0.2) is 47.3 Å². The van der Waals surface area contributed by atoms with Gasteiger partial charge in [0.1, 0.15) is 11.6 Å². The number of aryl methyl sites for hydroxylation is 1. The molecule has 32 heavy (non-hydrogen) atoms. The number of rotatable bonds is 7. The van der Waals surface area contributed by atoms with Gasteiger partial charge in [-0.3, -0.25) is 10.2 Å². The van der Waals surface area contributed by atoms with Gasteiger partial charge in [0.15, 0.2) is 6.39 Å². The van der Waals surface area contributed by atoms with Crippen LogP contribution in [0.1, 0.15) is 29.4 Å². The second kappa shape index (κ2) is 9.13. The summed E-state index contributed by atoms with van der Waals surface area (Å²) in [7, 11) is 1.70. The molecule has 1 fully saturated rings. The van der Waals surface area contributed by atoms with Crippen LogP contribution in [-0.4, -0.2) is 65.1 Å². The molecular formula is C23H28N6O3. The minimum absolute atomic E-state index is 0.0323. The van der Waals surface area contributed by atoms with Gasteiger partial charge in [0, 0.05) is 32.3 Å². The molecule has 0 spiro atoms. The summed E-state index contributed by atoms with van der Waals surface area (Å²) in [6.07, 6.45) is 6.09. The second-order valence-electron chi connectivity index (χ2n) is 8.34. The second-order valence-corrected chi connectivity index (χ2v) is 8.34. The molecule has 1 saturated heterocycles. The van der Waals surface area contributed by atoms with E-state index in [-0.39, 0.29) is 18.0 Å². The van der Waals surface area contributed by atoms with E-state index in [1.54, 1.807) is 13.3 Å². The minimum atomic E-state index is -0.236. The number of amides is 2. The van der Waals surface area contributed by atoms with Crippen molar-refractivity contribution in [3.63, 3.8) is 0 Å². The van der Waals surface area contributed by atoms with Crippen molar-refractivity contribution < 1.29 is 13.9 Å². The normalized spacial score (nSPS) is 20.4. The first-order valence-corrected chi connectivity index (χ1v) is 11.1. The van der Waals surface area contributed by atoms with E-state index in [0.29, 0.717) is 6.61 Å². The molecule has 1 aromatic carbocycles. The van der Waals surface area contributed by atoms with Gasteiger partial charge in [-0.2, -0.15) is 5.10 Å². The van der Waals surface area contributed by atoms with Gasteiger partial charge in [0.05, 0.1) is 36.1 Å². The van der Waals surface area contributed by atoms with Crippen molar-refractivity contribution in [3.05, 3.63) is 59.9 Å². The summed E-state index contributed by atoms with van der Waals surface area (Å²) in [4.78, 5) is 19.5. The molecule has 0 saturated carbocycles. The lowest BCUT2D eigenvalue weighted by atomic mass is 10.0. The summed E-state index contributed by atoms with van der Waals surface area (Å²) in [6.45, 7) is 2.94. The van der Waals surface area contributed by atoms with E-state index in [1.807, 2.05) is 35.0 Å². The van der Waals surface area contributed by atoms with E-state index >= 15 is 0 Å². The molecule has 1 aliphatic carbocycles. The predicted octanol–water partition coefficient (Wildman–Crippen LogP) is 2.58. The minimum Gasteiger partial charge on any atom is -0.448 e. The molecular weight excluding hydrogens is 408 g/mol. The lowest BCUT2D eigenvalue weighted by Gasteiger charge is -2.19. The zero-order chi connectivity index (χ0) is 21.9. The average molecular weight is 437 g/mol. The Morgan fingerprint density at radius 2 is 2.12 bits per heavy atom. The van der Waals surface area contributed by atoms with Gasteiger partial charge >= 0.3 is 6.03 Å². The lowest BCUT2D eigenvalue weighted by Crippen LogP contribution is -2.42. The Labute approximate surface area is 186 Å². The third kappa shape index (κ3) is 4.13. The third-order valence-electron chi connectivity index (χ3n) is 6.28. The number of carbonyl (C=O) groups excluding carboxylic acids is 1. The SMILES string of the molecule is COCCN1CC(NC(=O)Nc2c3c(nn2-c2ccccc2)CCC3)C(c2cnco2)C1. The summed E-state index contributed by atoms with van der Waals surface area (Å²) in [5.74, 6) is 1.57. The molecule has 168 valence electrons. The van der Waals surface area contributed by atoms with Gasteiger partial charge in [0.25, 0.3) is 0 Å². The van der Waals surface area contributed by atoms with Crippen LogP contribution in [0.4, 0.5) is 10.6 Å². The first-order chi connectivity index (χ1) is 15.7. The Bertz CT molecular complexity index is 1050. The van der Waals surface area contributed by atoms with E-state index in [4.69, 9.17) is 14.3 Å². The quantitative estimate of drug-likeness (QED) is 0.591. The first-order valence-electron chi connectivity index (χ1n) is 11.1. The van der Waals surface area contributed by atoms with Crippen molar-refractivity contribution >= 4 is 11.8 Å². The highest BCUT2D eigenvalue weighted by Gasteiger charge is 2.37. The number of likely N-dealkylation sites (tertiary alicyclic amines) is 1. The van der Waals surface area contributed by atoms with Crippen molar-refractivity contribution in [2.24, 2.45) is 0 Å². The molecule has 9 heteroatoms. The fourth-order valence-electron chi connectivity index (χ4n) is 4.72. The summed E-state index contributed by atoms with van der Waals surface area (Å²) in [5, 5.41) is 11.0. The molecule has 2 N–H and O–H groups in total. The number of benzene rings is 1. The molecule has 9 nitrogen and oxygen atoms in total. The van der Waals surface area contributed by atoms with Crippen LogP contribution < -0.4 is 10.6 Å². The van der Waals surface area contributed by atoms with Crippen LogP contribution in [0.5, 0.6) is 0 Å². The number of ether oxygens (including phenoxy) is 1. The Morgan fingerprint density at radius 1 is 1.25 bits per heavy atom. The van der Waals surface area contributed by atoms with Gasteiger partial charge < -0.3 is 14.5 Å². The Kier molecular flexibility index (Phi) is 5.91. The van der Waals surface area contributed by atoms with Crippen LogP contribution >= 0.6 is 0 Å². The van der Waals surface area contributed by atoms with Gasteiger partial charge in [-0.25, -0.2) is 14.5 Å². The third-order valence-corrected chi connectivity index (χ3v) is 6.28. The zero-order valence-electron chi connectivity index (χ0n) is 18.2. The smallest absolute Gasteiger partial charge is 0.320 e. The predicted molar refractivity (Wildman–Crippen MR) is 119 cm³/mol.